The Balaban J connectivity index is 1.59. The summed E-state index contributed by atoms with van der Waals surface area (Å²) >= 11 is 0. The second-order valence-corrected chi connectivity index (χ2v) is 9.08. The molecule has 0 N–H and O–H groups in total. The highest BCUT2D eigenvalue weighted by Gasteiger charge is 2.33. The molecule has 1 aliphatic rings. The zero-order valence-corrected chi connectivity index (χ0v) is 16.9. The molecule has 1 aromatic heterocycles. The molecule has 29 heavy (non-hydrogen) atoms. The predicted octanol–water partition coefficient (Wildman–Crippen LogP) is 2.88. The topological polar surface area (TPSA) is 76.6 Å². The molecule has 3 rings (SSSR count). The first-order chi connectivity index (χ1) is 14.0. The van der Waals surface area contributed by atoms with E-state index in [-0.39, 0.29) is 23.5 Å². The number of sulfone groups is 1. The molecule has 6 nitrogen and oxygen atoms in total. The first-order valence-corrected chi connectivity index (χ1v) is 11.2. The van der Waals surface area contributed by atoms with Crippen LogP contribution in [-0.2, 0) is 21.2 Å². The Morgan fingerprint density at radius 1 is 1.24 bits per heavy atom. The molecule has 1 fully saturated rings. The van der Waals surface area contributed by atoms with Crippen molar-refractivity contribution in [2.24, 2.45) is 0 Å². The number of nitrogens with zero attached hydrogens (tertiary/aromatic N) is 2. The summed E-state index contributed by atoms with van der Waals surface area (Å²) in [6.45, 7) is 4.38. The molecular weight excluding hydrogens is 388 g/mol. The van der Waals surface area contributed by atoms with Crippen molar-refractivity contribution in [3.05, 3.63) is 78.6 Å². The smallest absolute Gasteiger partial charge is 0.247 e. The second-order valence-electron chi connectivity index (χ2n) is 6.85. The quantitative estimate of drug-likeness (QED) is 0.492. The number of benzene rings is 1. The fourth-order valence-electron chi connectivity index (χ4n) is 3.16. The third-order valence-corrected chi connectivity index (χ3v) is 6.42. The SMILES string of the molecule is C=CCN(C(=O)C=Cc1ccc(OCc2ccccn2)cc1)C1CCS(=O)(=O)C1. The minimum atomic E-state index is -3.06. The summed E-state index contributed by atoms with van der Waals surface area (Å²) < 4.78 is 29.2. The second kappa shape index (κ2) is 9.52. The van der Waals surface area contributed by atoms with Gasteiger partial charge >= 0.3 is 0 Å². The molecule has 1 amide bonds. The van der Waals surface area contributed by atoms with E-state index in [4.69, 9.17) is 4.74 Å². The first kappa shape index (κ1) is 20.8. The van der Waals surface area contributed by atoms with E-state index in [0.717, 1.165) is 11.3 Å². The summed E-state index contributed by atoms with van der Waals surface area (Å²) in [6, 6.07) is 12.7. The Morgan fingerprint density at radius 3 is 2.66 bits per heavy atom. The Morgan fingerprint density at radius 2 is 2.03 bits per heavy atom. The zero-order chi connectivity index (χ0) is 20.7. The maximum atomic E-state index is 12.6. The molecule has 1 unspecified atom stereocenters. The summed E-state index contributed by atoms with van der Waals surface area (Å²) in [5.74, 6) is 0.636. The summed E-state index contributed by atoms with van der Waals surface area (Å²) in [5, 5.41) is 0. The molecule has 1 aromatic carbocycles. The van der Waals surface area contributed by atoms with Gasteiger partial charge in [-0.3, -0.25) is 9.78 Å². The number of hydrogen-bond donors (Lipinski definition) is 0. The first-order valence-electron chi connectivity index (χ1n) is 9.39. The van der Waals surface area contributed by atoms with Crippen LogP contribution in [-0.4, -0.2) is 48.3 Å². The molecule has 1 atom stereocenters. The highest BCUT2D eigenvalue weighted by molar-refractivity contribution is 7.91. The highest BCUT2D eigenvalue weighted by Crippen LogP contribution is 2.19. The Bertz CT molecular complexity index is 970. The molecule has 0 saturated carbocycles. The van der Waals surface area contributed by atoms with Gasteiger partial charge in [-0.2, -0.15) is 0 Å². The molecule has 0 bridgehead atoms. The van der Waals surface area contributed by atoms with Crippen LogP contribution in [0.3, 0.4) is 0 Å². The molecule has 0 aliphatic carbocycles. The molecular formula is C22H24N2O4S. The molecule has 1 saturated heterocycles. The molecule has 0 spiro atoms. The average Bonchev–Trinajstić information content (AvgIpc) is 3.09. The van der Waals surface area contributed by atoms with Crippen LogP contribution < -0.4 is 4.74 Å². The van der Waals surface area contributed by atoms with Crippen molar-refractivity contribution in [2.75, 3.05) is 18.1 Å². The highest BCUT2D eigenvalue weighted by atomic mass is 32.2. The third kappa shape index (κ3) is 6.02. The Labute approximate surface area is 171 Å². The lowest BCUT2D eigenvalue weighted by atomic mass is 10.2. The molecule has 2 aromatic rings. The summed E-state index contributed by atoms with van der Waals surface area (Å²) in [7, 11) is -3.06. The van der Waals surface area contributed by atoms with Crippen molar-refractivity contribution in [1.82, 2.24) is 9.88 Å². The predicted molar refractivity (Wildman–Crippen MR) is 113 cm³/mol. The van der Waals surface area contributed by atoms with Gasteiger partial charge in [-0.25, -0.2) is 8.42 Å². The van der Waals surface area contributed by atoms with E-state index < -0.39 is 9.84 Å². The number of carbonyl (C=O) groups is 1. The minimum absolute atomic E-state index is 0.0166. The van der Waals surface area contributed by atoms with Crippen LogP contribution >= 0.6 is 0 Å². The number of ether oxygens (including phenoxy) is 1. The maximum Gasteiger partial charge on any atom is 0.247 e. The largest absolute Gasteiger partial charge is 0.487 e. The Hall–Kier alpha value is -2.93. The van der Waals surface area contributed by atoms with Crippen molar-refractivity contribution < 1.29 is 17.9 Å². The van der Waals surface area contributed by atoms with E-state index in [0.29, 0.717) is 25.3 Å². The number of carbonyl (C=O) groups excluding carboxylic acids is 1. The lowest BCUT2D eigenvalue weighted by Gasteiger charge is -2.25. The standard InChI is InChI=1S/C22H24N2O4S/c1-2-14-24(20-12-15-29(26,27)17-20)22(25)11-8-18-6-9-21(10-7-18)28-16-19-5-3-4-13-23-19/h2-11,13,20H,1,12,14-17H2. The summed E-state index contributed by atoms with van der Waals surface area (Å²) in [4.78, 5) is 18.4. The van der Waals surface area contributed by atoms with E-state index >= 15 is 0 Å². The van der Waals surface area contributed by atoms with E-state index in [2.05, 4.69) is 11.6 Å². The normalized spacial score (nSPS) is 17.9. The lowest BCUT2D eigenvalue weighted by Crippen LogP contribution is -2.40. The number of rotatable bonds is 8. The van der Waals surface area contributed by atoms with Gasteiger partial charge in [0.25, 0.3) is 0 Å². The molecule has 7 heteroatoms. The van der Waals surface area contributed by atoms with Crippen molar-refractivity contribution in [3.63, 3.8) is 0 Å². The minimum Gasteiger partial charge on any atom is -0.487 e. The monoisotopic (exact) mass is 412 g/mol. The van der Waals surface area contributed by atoms with Gasteiger partial charge in [0.15, 0.2) is 9.84 Å². The van der Waals surface area contributed by atoms with Crippen LogP contribution in [0.15, 0.2) is 67.4 Å². The number of pyridine rings is 1. The van der Waals surface area contributed by atoms with Gasteiger partial charge in [0.05, 0.1) is 17.2 Å². The van der Waals surface area contributed by atoms with E-state index in [9.17, 15) is 13.2 Å². The number of hydrogen-bond acceptors (Lipinski definition) is 5. The fourth-order valence-corrected chi connectivity index (χ4v) is 4.89. The van der Waals surface area contributed by atoms with Gasteiger partial charge < -0.3 is 9.64 Å². The zero-order valence-electron chi connectivity index (χ0n) is 16.1. The number of aromatic nitrogens is 1. The van der Waals surface area contributed by atoms with Gasteiger partial charge in [-0.1, -0.05) is 24.3 Å². The van der Waals surface area contributed by atoms with Crippen LogP contribution in [0.25, 0.3) is 6.08 Å². The van der Waals surface area contributed by atoms with Gasteiger partial charge in [-0.05, 0) is 42.3 Å². The number of amides is 1. The Kier molecular flexibility index (Phi) is 6.82. The summed E-state index contributed by atoms with van der Waals surface area (Å²) in [6.07, 6.45) is 6.99. The molecule has 0 radical (unpaired) electrons. The molecule has 152 valence electrons. The van der Waals surface area contributed by atoms with Crippen molar-refractivity contribution in [3.8, 4) is 5.75 Å². The van der Waals surface area contributed by atoms with Crippen LogP contribution in [0, 0.1) is 0 Å². The van der Waals surface area contributed by atoms with Crippen LogP contribution in [0.1, 0.15) is 17.7 Å². The average molecular weight is 413 g/mol. The van der Waals surface area contributed by atoms with Crippen LogP contribution in [0.4, 0.5) is 0 Å². The van der Waals surface area contributed by atoms with Crippen LogP contribution in [0.2, 0.25) is 0 Å². The van der Waals surface area contributed by atoms with Crippen molar-refractivity contribution in [1.29, 1.82) is 0 Å². The van der Waals surface area contributed by atoms with E-state index in [1.807, 2.05) is 42.5 Å². The van der Waals surface area contributed by atoms with Gasteiger partial charge in [0.1, 0.15) is 12.4 Å². The molecule has 2 heterocycles. The van der Waals surface area contributed by atoms with Crippen molar-refractivity contribution >= 4 is 21.8 Å². The van der Waals surface area contributed by atoms with Gasteiger partial charge in [0.2, 0.25) is 5.91 Å². The fraction of sp³-hybridized carbons (Fsp3) is 0.273. The third-order valence-electron chi connectivity index (χ3n) is 4.67. The summed E-state index contributed by atoms with van der Waals surface area (Å²) in [5.41, 5.74) is 1.69. The molecule has 1 aliphatic heterocycles. The maximum absolute atomic E-state index is 12.6. The van der Waals surface area contributed by atoms with Gasteiger partial charge in [-0.15, -0.1) is 6.58 Å². The lowest BCUT2D eigenvalue weighted by molar-refractivity contribution is -0.127. The van der Waals surface area contributed by atoms with E-state index in [1.54, 1.807) is 23.2 Å². The van der Waals surface area contributed by atoms with E-state index in [1.165, 1.54) is 6.08 Å². The van der Waals surface area contributed by atoms with Crippen molar-refractivity contribution in [2.45, 2.75) is 19.1 Å². The van der Waals surface area contributed by atoms with Gasteiger partial charge in [0, 0.05) is 24.9 Å². The van der Waals surface area contributed by atoms with Crippen LogP contribution in [0.5, 0.6) is 5.75 Å².